The van der Waals surface area contributed by atoms with Crippen molar-refractivity contribution in [2.75, 3.05) is 6.61 Å². The monoisotopic (exact) mass is 346 g/mol. The first-order valence-electron chi connectivity index (χ1n) is 8.27. The van der Waals surface area contributed by atoms with Gasteiger partial charge in [-0.05, 0) is 25.0 Å². The standard InChI is InChI=1S/C19H20F2N2O2/c1-12(11-24)23-18(25)15-9-14-3-2-4-16(17(14)22-10-15)13-5-7-19(20,21)8-6-13/h2-5,9-10,12,24H,6-8,11H2,1H3,(H,23,25)/t12-/m1/s1. The van der Waals surface area contributed by atoms with Crippen molar-refractivity contribution < 1.29 is 18.7 Å². The lowest BCUT2D eigenvalue weighted by molar-refractivity contribution is -0.00602. The van der Waals surface area contributed by atoms with Gasteiger partial charge in [-0.2, -0.15) is 0 Å². The van der Waals surface area contributed by atoms with Gasteiger partial charge in [0.15, 0.2) is 0 Å². The second-order valence-corrected chi connectivity index (χ2v) is 6.45. The van der Waals surface area contributed by atoms with Crippen molar-refractivity contribution in [1.82, 2.24) is 10.3 Å². The Balaban J connectivity index is 1.93. The van der Waals surface area contributed by atoms with Crippen LogP contribution in [0, 0.1) is 0 Å². The number of nitrogens with zero attached hydrogens (tertiary/aromatic N) is 1. The van der Waals surface area contributed by atoms with Crippen LogP contribution in [0.5, 0.6) is 0 Å². The molecule has 0 fully saturated rings. The zero-order chi connectivity index (χ0) is 18.0. The summed E-state index contributed by atoms with van der Waals surface area (Å²) in [7, 11) is 0. The number of hydrogen-bond donors (Lipinski definition) is 2. The summed E-state index contributed by atoms with van der Waals surface area (Å²) in [5.74, 6) is -2.94. The quantitative estimate of drug-likeness (QED) is 0.890. The second kappa shape index (κ2) is 6.88. The van der Waals surface area contributed by atoms with Crippen LogP contribution < -0.4 is 5.32 Å². The zero-order valence-corrected chi connectivity index (χ0v) is 13.9. The number of allylic oxidation sites excluding steroid dienone is 2. The topological polar surface area (TPSA) is 62.2 Å². The molecule has 132 valence electrons. The molecule has 3 rings (SSSR count). The molecule has 25 heavy (non-hydrogen) atoms. The van der Waals surface area contributed by atoms with Crippen LogP contribution in [0.4, 0.5) is 8.78 Å². The molecule has 0 saturated carbocycles. The van der Waals surface area contributed by atoms with E-state index in [-0.39, 0.29) is 31.4 Å². The van der Waals surface area contributed by atoms with Gasteiger partial charge in [-0.3, -0.25) is 9.78 Å². The Morgan fingerprint density at radius 1 is 1.44 bits per heavy atom. The molecule has 2 aromatic rings. The summed E-state index contributed by atoms with van der Waals surface area (Å²) in [6.45, 7) is 1.56. The molecule has 1 aliphatic rings. The van der Waals surface area contributed by atoms with E-state index in [1.165, 1.54) is 6.20 Å². The average Bonchev–Trinajstić information content (AvgIpc) is 2.60. The third-order valence-electron chi connectivity index (χ3n) is 4.38. The first kappa shape index (κ1) is 17.5. The predicted molar refractivity (Wildman–Crippen MR) is 92.5 cm³/mol. The van der Waals surface area contributed by atoms with Crippen molar-refractivity contribution >= 4 is 22.4 Å². The maximum atomic E-state index is 13.4. The number of rotatable bonds is 4. The molecular weight excluding hydrogens is 326 g/mol. The maximum absolute atomic E-state index is 13.4. The van der Waals surface area contributed by atoms with Crippen LogP contribution in [-0.2, 0) is 0 Å². The van der Waals surface area contributed by atoms with Gasteiger partial charge in [0.1, 0.15) is 0 Å². The van der Waals surface area contributed by atoms with Crippen LogP contribution in [0.1, 0.15) is 42.1 Å². The molecule has 1 aliphatic carbocycles. The molecule has 4 nitrogen and oxygen atoms in total. The smallest absolute Gasteiger partial charge is 0.253 e. The second-order valence-electron chi connectivity index (χ2n) is 6.45. The van der Waals surface area contributed by atoms with E-state index < -0.39 is 5.92 Å². The molecule has 1 aromatic carbocycles. The number of amides is 1. The molecule has 1 atom stereocenters. The molecule has 1 heterocycles. The van der Waals surface area contributed by atoms with E-state index in [0.717, 1.165) is 16.5 Å². The number of nitrogens with one attached hydrogen (secondary N) is 1. The fourth-order valence-electron chi connectivity index (χ4n) is 2.94. The van der Waals surface area contributed by atoms with E-state index in [2.05, 4.69) is 10.3 Å². The van der Waals surface area contributed by atoms with E-state index in [9.17, 15) is 13.6 Å². The van der Waals surface area contributed by atoms with Gasteiger partial charge in [-0.15, -0.1) is 0 Å². The van der Waals surface area contributed by atoms with Crippen molar-refractivity contribution in [3.05, 3.63) is 47.7 Å². The van der Waals surface area contributed by atoms with Crippen molar-refractivity contribution in [1.29, 1.82) is 0 Å². The number of aliphatic hydroxyl groups excluding tert-OH is 1. The molecule has 0 aliphatic heterocycles. The summed E-state index contributed by atoms with van der Waals surface area (Å²) in [6, 6.07) is 6.94. The molecule has 2 N–H and O–H groups in total. The fraction of sp³-hybridized carbons (Fsp3) is 0.368. The number of alkyl halides is 2. The van der Waals surface area contributed by atoms with E-state index in [0.29, 0.717) is 17.5 Å². The fourth-order valence-corrected chi connectivity index (χ4v) is 2.94. The van der Waals surface area contributed by atoms with Gasteiger partial charge in [-0.25, -0.2) is 8.78 Å². The number of carbonyl (C=O) groups excluding carboxylic acids is 1. The maximum Gasteiger partial charge on any atom is 0.253 e. The Hall–Kier alpha value is -2.34. The number of benzene rings is 1. The highest BCUT2D eigenvalue weighted by molar-refractivity contribution is 5.99. The first-order valence-corrected chi connectivity index (χ1v) is 8.27. The van der Waals surface area contributed by atoms with E-state index in [1.54, 1.807) is 19.1 Å². The number of pyridine rings is 1. The third kappa shape index (κ3) is 3.85. The zero-order valence-electron chi connectivity index (χ0n) is 13.9. The lowest BCUT2D eigenvalue weighted by Crippen LogP contribution is -2.35. The van der Waals surface area contributed by atoms with Gasteiger partial charge < -0.3 is 10.4 Å². The van der Waals surface area contributed by atoms with E-state index >= 15 is 0 Å². The summed E-state index contributed by atoms with van der Waals surface area (Å²) in [4.78, 5) is 16.6. The Morgan fingerprint density at radius 2 is 2.24 bits per heavy atom. The van der Waals surface area contributed by atoms with Gasteiger partial charge in [0.25, 0.3) is 11.8 Å². The third-order valence-corrected chi connectivity index (χ3v) is 4.38. The van der Waals surface area contributed by atoms with Crippen LogP contribution in [0.25, 0.3) is 16.5 Å². The van der Waals surface area contributed by atoms with Crippen LogP contribution in [0.15, 0.2) is 36.5 Å². The molecular formula is C19H20F2N2O2. The normalized spacial score (nSPS) is 17.8. The Labute approximate surface area is 144 Å². The van der Waals surface area contributed by atoms with Gasteiger partial charge in [0.05, 0.1) is 17.7 Å². The molecule has 6 heteroatoms. The van der Waals surface area contributed by atoms with Crippen LogP contribution in [-0.4, -0.2) is 34.6 Å². The minimum Gasteiger partial charge on any atom is -0.394 e. The van der Waals surface area contributed by atoms with Crippen LogP contribution in [0.3, 0.4) is 0 Å². The summed E-state index contributed by atoms with van der Waals surface area (Å²) >= 11 is 0. The molecule has 1 aromatic heterocycles. The Morgan fingerprint density at radius 3 is 2.92 bits per heavy atom. The number of aromatic nitrogens is 1. The lowest BCUT2D eigenvalue weighted by Gasteiger charge is -2.22. The minimum atomic E-state index is -2.63. The van der Waals surface area contributed by atoms with E-state index in [1.807, 2.05) is 18.2 Å². The average molecular weight is 346 g/mol. The summed E-state index contributed by atoms with van der Waals surface area (Å²) in [5.41, 5.74) is 2.80. The van der Waals surface area contributed by atoms with Gasteiger partial charge >= 0.3 is 0 Å². The Kier molecular flexibility index (Phi) is 4.81. The summed E-state index contributed by atoms with van der Waals surface area (Å²) in [5, 5.41) is 12.5. The van der Waals surface area contributed by atoms with E-state index in [4.69, 9.17) is 5.11 Å². The highest BCUT2D eigenvalue weighted by Gasteiger charge is 2.31. The number of aliphatic hydroxyl groups is 1. The number of halogens is 2. The van der Waals surface area contributed by atoms with Crippen LogP contribution in [0.2, 0.25) is 0 Å². The van der Waals surface area contributed by atoms with Gasteiger partial charge in [-0.1, -0.05) is 24.3 Å². The molecule has 0 bridgehead atoms. The predicted octanol–water partition coefficient (Wildman–Crippen LogP) is 3.55. The molecule has 0 radical (unpaired) electrons. The number of hydrogen-bond acceptors (Lipinski definition) is 3. The molecule has 0 spiro atoms. The Bertz CT molecular complexity index is 833. The van der Waals surface area contributed by atoms with Gasteiger partial charge in [0.2, 0.25) is 0 Å². The number of carbonyl (C=O) groups is 1. The summed E-state index contributed by atoms with van der Waals surface area (Å²) < 4.78 is 26.7. The summed E-state index contributed by atoms with van der Waals surface area (Å²) in [6.07, 6.45) is 2.96. The van der Waals surface area contributed by atoms with Crippen molar-refractivity contribution in [3.8, 4) is 0 Å². The minimum absolute atomic E-state index is 0.143. The van der Waals surface area contributed by atoms with Crippen LogP contribution >= 0.6 is 0 Å². The van der Waals surface area contributed by atoms with Crippen molar-refractivity contribution in [2.24, 2.45) is 0 Å². The number of fused-ring (bicyclic) bond motifs is 1. The molecule has 0 unspecified atom stereocenters. The molecule has 1 amide bonds. The van der Waals surface area contributed by atoms with Crippen molar-refractivity contribution in [3.63, 3.8) is 0 Å². The highest BCUT2D eigenvalue weighted by atomic mass is 19.3. The SMILES string of the molecule is C[C@H](CO)NC(=O)c1cnc2c(C3=CCC(F)(F)CC3)cccc2c1. The number of para-hydroxylation sites is 1. The lowest BCUT2D eigenvalue weighted by atomic mass is 9.90. The first-order chi connectivity index (χ1) is 11.9. The highest BCUT2D eigenvalue weighted by Crippen LogP contribution is 2.37. The molecule has 0 saturated heterocycles. The van der Waals surface area contributed by atoms with Gasteiger partial charge in [0, 0.05) is 36.0 Å². The largest absolute Gasteiger partial charge is 0.394 e. The van der Waals surface area contributed by atoms with Crippen molar-refractivity contribution in [2.45, 2.75) is 38.2 Å².